The van der Waals surface area contributed by atoms with Gasteiger partial charge in [0.25, 0.3) is 0 Å². The molecule has 0 heterocycles. The molecule has 0 aliphatic heterocycles. The number of amides is 1. The van der Waals surface area contributed by atoms with Gasteiger partial charge in [0, 0.05) is 6.54 Å². The van der Waals surface area contributed by atoms with Gasteiger partial charge >= 0.3 is 0 Å². The number of carbonyl (C=O) groups excluding carboxylic acids is 1. The summed E-state index contributed by atoms with van der Waals surface area (Å²) in [4.78, 5) is 11.8. The normalized spacial score (nSPS) is 18.1. The fourth-order valence-corrected chi connectivity index (χ4v) is 2.92. The highest BCUT2D eigenvalue weighted by molar-refractivity contribution is 7.99. The topological polar surface area (TPSA) is 55.1 Å². The van der Waals surface area contributed by atoms with E-state index in [0.717, 1.165) is 5.75 Å². The van der Waals surface area contributed by atoms with Crippen LogP contribution in [0.25, 0.3) is 0 Å². The molecule has 0 aromatic rings. The summed E-state index contributed by atoms with van der Waals surface area (Å²) in [6.45, 7) is 7.03. The van der Waals surface area contributed by atoms with Crippen LogP contribution in [-0.4, -0.2) is 29.5 Å². The number of halogens is 1. The zero-order valence-corrected chi connectivity index (χ0v) is 13.3. The first-order valence-electron chi connectivity index (χ1n) is 6.56. The van der Waals surface area contributed by atoms with Gasteiger partial charge in [-0.1, -0.05) is 13.8 Å². The van der Waals surface area contributed by atoms with Crippen molar-refractivity contribution in [3.8, 4) is 0 Å². The second-order valence-corrected chi connectivity index (χ2v) is 6.78. The predicted octanol–water partition coefficient (Wildman–Crippen LogP) is 2.43. The first-order chi connectivity index (χ1) is 7.98. The number of hydrogen-bond donors (Lipinski definition) is 2. The molecule has 3 N–H and O–H groups in total. The van der Waals surface area contributed by atoms with E-state index in [-0.39, 0.29) is 23.9 Å². The van der Waals surface area contributed by atoms with Crippen LogP contribution >= 0.6 is 24.2 Å². The Morgan fingerprint density at radius 2 is 2.11 bits per heavy atom. The van der Waals surface area contributed by atoms with Gasteiger partial charge in [-0.05, 0) is 43.8 Å². The van der Waals surface area contributed by atoms with E-state index in [1.54, 1.807) is 11.8 Å². The van der Waals surface area contributed by atoms with E-state index in [9.17, 15) is 4.79 Å². The molecule has 1 saturated carbocycles. The van der Waals surface area contributed by atoms with Gasteiger partial charge in [0.15, 0.2) is 0 Å². The first kappa shape index (κ1) is 18.1. The van der Waals surface area contributed by atoms with Crippen LogP contribution in [0.5, 0.6) is 0 Å². The molecule has 0 aromatic carbocycles. The Morgan fingerprint density at radius 3 is 2.56 bits per heavy atom. The largest absolute Gasteiger partial charge is 0.349 e. The van der Waals surface area contributed by atoms with E-state index in [1.165, 1.54) is 19.3 Å². The van der Waals surface area contributed by atoms with Crippen molar-refractivity contribution < 1.29 is 4.79 Å². The van der Waals surface area contributed by atoms with Crippen LogP contribution in [0, 0.1) is 11.8 Å². The van der Waals surface area contributed by atoms with Crippen molar-refractivity contribution in [3.05, 3.63) is 0 Å². The van der Waals surface area contributed by atoms with E-state index < -0.39 is 0 Å². The SMILES string of the molecule is CC(C)CCSCC(=O)NC(C)(CN)C1CC1.Cl. The Hall–Kier alpha value is 0.0700. The molecule has 108 valence electrons. The van der Waals surface area contributed by atoms with E-state index in [1.807, 2.05) is 0 Å². The Labute approximate surface area is 121 Å². The number of thioether (sulfide) groups is 1. The quantitative estimate of drug-likeness (QED) is 0.676. The van der Waals surface area contributed by atoms with E-state index in [4.69, 9.17) is 5.73 Å². The van der Waals surface area contributed by atoms with Gasteiger partial charge in [-0.2, -0.15) is 11.8 Å². The molecule has 0 bridgehead atoms. The van der Waals surface area contributed by atoms with Crippen LogP contribution in [-0.2, 0) is 4.79 Å². The highest BCUT2D eigenvalue weighted by Gasteiger charge is 2.41. The standard InChI is InChI=1S/C13H26N2OS.ClH/c1-10(2)6-7-17-8-12(16)15-13(3,9-14)11-4-5-11;/h10-11H,4-9,14H2,1-3H3,(H,15,16);1H. The maximum absolute atomic E-state index is 11.8. The molecule has 1 unspecified atom stereocenters. The molecular formula is C13H27ClN2OS. The van der Waals surface area contributed by atoms with E-state index in [0.29, 0.717) is 24.1 Å². The molecular weight excluding hydrogens is 268 g/mol. The third kappa shape index (κ3) is 6.30. The fraction of sp³-hybridized carbons (Fsp3) is 0.923. The minimum Gasteiger partial charge on any atom is -0.349 e. The summed E-state index contributed by atoms with van der Waals surface area (Å²) in [5.74, 6) is 3.07. The van der Waals surface area contributed by atoms with Gasteiger partial charge in [-0.25, -0.2) is 0 Å². The molecule has 3 nitrogen and oxygen atoms in total. The van der Waals surface area contributed by atoms with E-state index >= 15 is 0 Å². The van der Waals surface area contributed by atoms with Gasteiger partial charge in [0.1, 0.15) is 0 Å². The average molecular weight is 295 g/mol. The fourth-order valence-electron chi connectivity index (χ4n) is 1.88. The van der Waals surface area contributed by atoms with Crippen LogP contribution in [0.15, 0.2) is 0 Å². The maximum atomic E-state index is 11.8. The Balaban J connectivity index is 0.00000289. The van der Waals surface area contributed by atoms with Crippen molar-refractivity contribution in [1.29, 1.82) is 0 Å². The van der Waals surface area contributed by atoms with Gasteiger partial charge in [-0.15, -0.1) is 12.4 Å². The third-order valence-corrected chi connectivity index (χ3v) is 4.39. The molecule has 5 heteroatoms. The molecule has 0 saturated heterocycles. The molecule has 1 atom stereocenters. The van der Waals surface area contributed by atoms with Crippen LogP contribution in [0.4, 0.5) is 0 Å². The molecule has 1 amide bonds. The van der Waals surface area contributed by atoms with Crippen LogP contribution < -0.4 is 11.1 Å². The van der Waals surface area contributed by atoms with Crippen LogP contribution in [0.1, 0.15) is 40.0 Å². The molecule has 0 radical (unpaired) electrons. The van der Waals surface area contributed by atoms with Crippen molar-refractivity contribution in [3.63, 3.8) is 0 Å². The van der Waals surface area contributed by atoms with Gasteiger partial charge in [0.2, 0.25) is 5.91 Å². The second kappa shape index (κ2) is 8.28. The first-order valence-corrected chi connectivity index (χ1v) is 7.72. The lowest BCUT2D eigenvalue weighted by molar-refractivity contribution is -0.120. The lowest BCUT2D eigenvalue weighted by Gasteiger charge is -2.29. The van der Waals surface area contributed by atoms with Gasteiger partial charge in [-0.3, -0.25) is 4.79 Å². The van der Waals surface area contributed by atoms with Crippen molar-refractivity contribution >= 4 is 30.1 Å². The van der Waals surface area contributed by atoms with Crippen molar-refractivity contribution in [2.45, 2.75) is 45.6 Å². The average Bonchev–Trinajstić information content (AvgIpc) is 3.08. The molecule has 18 heavy (non-hydrogen) atoms. The summed E-state index contributed by atoms with van der Waals surface area (Å²) in [7, 11) is 0. The summed E-state index contributed by atoms with van der Waals surface area (Å²) >= 11 is 1.72. The Kier molecular flexibility index (Phi) is 8.31. The van der Waals surface area contributed by atoms with Gasteiger partial charge < -0.3 is 11.1 Å². The van der Waals surface area contributed by atoms with Crippen LogP contribution in [0.3, 0.4) is 0 Å². The Bertz CT molecular complexity index is 259. The number of hydrogen-bond acceptors (Lipinski definition) is 3. The molecule has 1 aliphatic carbocycles. The second-order valence-electron chi connectivity index (χ2n) is 5.68. The van der Waals surface area contributed by atoms with Crippen LogP contribution in [0.2, 0.25) is 0 Å². The highest BCUT2D eigenvalue weighted by Crippen LogP contribution is 2.38. The summed E-state index contributed by atoms with van der Waals surface area (Å²) < 4.78 is 0. The number of rotatable bonds is 8. The number of nitrogens with two attached hydrogens (primary N) is 1. The number of nitrogens with one attached hydrogen (secondary N) is 1. The lowest BCUT2D eigenvalue weighted by atomic mass is 9.96. The molecule has 1 fully saturated rings. The molecule has 0 aromatic heterocycles. The maximum Gasteiger partial charge on any atom is 0.230 e. The number of carbonyl (C=O) groups is 1. The lowest BCUT2D eigenvalue weighted by Crippen LogP contribution is -2.53. The van der Waals surface area contributed by atoms with Crippen molar-refractivity contribution in [2.75, 3.05) is 18.1 Å². The molecule has 0 spiro atoms. The smallest absolute Gasteiger partial charge is 0.230 e. The predicted molar refractivity (Wildman–Crippen MR) is 82.4 cm³/mol. The van der Waals surface area contributed by atoms with Crippen molar-refractivity contribution in [1.82, 2.24) is 5.32 Å². The minimum atomic E-state index is -0.171. The monoisotopic (exact) mass is 294 g/mol. The summed E-state index contributed by atoms with van der Waals surface area (Å²) in [5.41, 5.74) is 5.60. The zero-order chi connectivity index (χ0) is 12.9. The highest BCUT2D eigenvalue weighted by atomic mass is 35.5. The summed E-state index contributed by atoms with van der Waals surface area (Å²) in [5, 5.41) is 3.11. The van der Waals surface area contributed by atoms with E-state index in [2.05, 4.69) is 26.1 Å². The Morgan fingerprint density at radius 1 is 1.50 bits per heavy atom. The summed E-state index contributed by atoms with van der Waals surface area (Å²) in [6.07, 6.45) is 3.58. The minimum absolute atomic E-state index is 0. The summed E-state index contributed by atoms with van der Waals surface area (Å²) in [6, 6.07) is 0. The molecule has 1 aliphatic rings. The zero-order valence-electron chi connectivity index (χ0n) is 11.7. The molecule has 1 rings (SSSR count). The van der Waals surface area contributed by atoms with Gasteiger partial charge in [0.05, 0.1) is 11.3 Å². The van der Waals surface area contributed by atoms with Crippen molar-refractivity contribution in [2.24, 2.45) is 17.6 Å². The third-order valence-electron chi connectivity index (χ3n) is 3.40.